The van der Waals surface area contributed by atoms with E-state index in [2.05, 4.69) is 32.8 Å². The minimum Gasteiger partial charge on any atom is -0.379 e. The first-order valence-electron chi connectivity index (χ1n) is 5.60. The molecule has 1 fully saturated rings. The summed E-state index contributed by atoms with van der Waals surface area (Å²) in [6.45, 7) is 3.54. The molecule has 1 amide bonds. The smallest absolute Gasteiger partial charge is 0.238 e. The number of amides is 1. The minimum atomic E-state index is 0.0380. The molecular weight excluding hydrogens is 331 g/mol. The molecule has 0 atom stereocenters. The molecule has 0 aliphatic carbocycles. The lowest BCUT2D eigenvalue weighted by atomic mass is 10.3. The molecule has 0 radical (unpaired) electrons. The maximum Gasteiger partial charge on any atom is 0.238 e. The van der Waals surface area contributed by atoms with Crippen molar-refractivity contribution in [2.24, 2.45) is 0 Å². The molecule has 92 valence electrons. The van der Waals surface area contributed by atoms with Gasteiger partial charge in [-0.05, 0) is 34.7 Å². The summed E-state index contributed by atoms with van der Waals surface area (Å²) in [6, 6.07) is 7.77. The summed E-state index contributed by atoms with van der Waals surface area (Å²) >= 11 is 2.22. The number of carbonyl (C=O) groups is 1. The van der Waals surface area contributed by atoms with Gasteiger partial charge in [0.1, 0.15) is 0 Å². The largest absolute Gasteiger partial charge is 0.379 e. The number of benzene rings is 1. The number of carbonyl (C=O) groups excluding carboxylic acids is 1. The number of rotatable bonds is 3. The predicted molar refractivity (Wildman–Crippen MR) is 75.0 cm³/mol. The summed E-state index contributed by atoms with van der Waals surface area (Å²) in [7, 11) is 0. The maximum absolute atomic E-state index is 11.8. The highest BCUT2D eigenvalue weighted by atomic mass is 127. The van der Waals surface area contributed by atoms with Crippen LogP contribution >= 0.6 is 22.6 Å². The molecule has 1 aromatic carbocycles. The number of nitrogens with zero attached hydrogens (tertiary/aromatic N) is 1. The number of halogens is 1. The van der Waals surface area contributed by atoms with Crippen LogP contribution in [0.25, 0.3) is 0 Å². The first-order valence-corrected chi connectivity index (χ1v) is 6.68. The number of nitrogens with one attached hydrogen (secondary N) is 1. The lowest BCUT2D eigenvalue weighted by molar-refractivity contribution is -0.118. The van der Waals surface area contributed by atoms with E-state index in [1.165, 1.54) is 0 Å². The molecule has 5 heteroatoms. The predicted octanol–water partition coefficient (Wildman–Crippen LogP) is 1.56. The van der Waals surface area contributed by atoms with Crippen molar-refractivity contribution < 1.29 is 9.53 Å². The standard InChI is InChI=1S/C12H15IN2O2/c13-10-3-1-2-4-11(10)14-12(16)9-15-5-7-17-8-6-15/h1-4H,5-9H2,(H,14,16). The molecule has 1 N–H and O–H groups in total. The zero-order valence-corrected chi connectivity index (χ0v) is 11.6. The summed E-state index contributed by atoms with van der Waals surface area (Å²) in [5.74, 6) is 0.0380. The third kappa shape index (κ3) is 3.93. The van der Waals surface area contributed by atoms with Crippen molar-refractivity contribution in [3.8, 4) is 0 Å². The SMILES string of the molecule is O=C(CN1CCOCC1)Nc1ccccc1I. The highest BCUT2D eigenvalue weighted by Crippen LogP contribution is 2.16. The van der Waals surface area contributed by atoms with Gasteiger partial charge in [0, 0.05) is 16.7 Å². The molecule has 1 aliphatic rings. The Kier molecular flexibility index (Phi) is 4.75. The van der Waals surface area contributed by atoms with E-state index in [4.69, 9.17) is 4.74 Å². The van der Waals surface area contributed by atoms with E-state index in [0.717, 1.165) is 35.6 Å². The second-order valence-corrected chi connectivity index (χ2v) is 5.08. The normalized spacial score (nSPS) is 16.8. The third-order valence-corrected chi connectivity index (χ3v) is 3.56. The molecule has 1 heterocycles. The Bertz CT molecular complexity index is 392. The van der Waals surface area contributed by atoms with Crippen LogP contribution in [0.15, 0.2) is 24.3 Å². The fourth-order valence-corrected chi connectivity index (χ4v) is 2.24. The number of ether oxygens (including phenoxy) is 1. The Hall–Kier alpha value is -0.660. The fourth-order valence-electron chi connectivity index (χ4n) is 1.71. The fraction of sp³-hybridized carbons (Fsp3) is 0.417. The first-order chi connectivity index (χ1) is 8.25. The Morgan fingerprint density at radius 2 is 2.06 bits per heavy atom. The van der Waals surface area contributed by atoms with Crippen molar-refractivity contribution in [1.82, 2.24) is 4.90 Å². The van der Waals surface area contributed by atoms with E-state index in [1.807, 2.05) is 24.3 Å². The molecule has 1 saturated heterocycles. The van der Waals surface area contributed by atoms with E-state index in [-0.39, 0.29) is 5.91 Å². The van der Waals surface area contributed by atoms with Gasteiger partial charge in [-0.25, -0.2) is 0 Å². The second-order valence-electron chi connectivity index (χ2n) is 3.92. The van der Waals surface area contributed by atoms with Gasteiger partial charge in [0.05, 0.1) is 25.4 Å². The monoisotopic (exact) mass is 346 g/mol. The van der Waals surface area contributed by atoms with Crippen molar-refractivity contribution in [3.63, 3.8) is 0 Å². The van der Waals surface area contributed by atoms with Gasteiger partial charge in [0.15, 0.2) is 0 Å². The van der Waals surface area contributed by atoms with Crippen LogP contribution < -0.4 is 5.32 Å². The van der Waals surface area contributed by atoms with Gasteiger partial charge in [-0.15, -0.1) is 0 Å². The van der Waals surface area contributed by atoms with E-state index in [0.29, 0.717) is 6.54 Å². The van der Waals surface area contributed by atoms with Gasteiger partial charge < -0.3 is 10.1 Å². The molecule has 0 aromatic heterocycles. The summed E-state index contributed by atoms with van der Waals surface area (Å²) in [4.78, 5) is 13.9. The molecule has 0 unspecified atom stereocenters. The second kappa shape index (κ2) is 6.32. The van der Waals surface area contributed by atoms with Gasteiger partial charge in [-0.3, -0.25) is 9.69 Å². The van der Waals surface area contributed by atoms with Crippen molar-refractivity contribution in [2.75, 3.05) is 38.2 Å². The zero-order chi connectivity index (χ0) is 12.1. The topological polar surface area (TPSA) is 41.6 Å². The number of hydrogen-bond donors (Lipinski definition) is 1. The first kappa shape index (κ1) is 12.8. The van der Waals surface area contributed by atoms with Crippen LogP contribution in [0.2, 0.25) is 0 Å². The highest BCUT2D eigenvalue weighted by molar-refractivity contribution is 14.1. The lowest BCUT2D eigenvalue weighted by Crippen LogP contribution is -2.41. The minimum absolute atomic E-state index is 0.0380. The summed E-state index contributed by atoms with van der Waals surface area (Å²) in [5.41, 5.74) is 0.881. The zero-order valence-electron chi connectivity index (χ0n) is 9.49. The number of hydrogen-bond acceptors (Lipinski definition) is 3. The van der Waals surface area contributed by atoms with E-state index >= 15 is 0 Å². The Morgan fingerprint density at radius 1 is 1.35 bits per heavy atom. The molecule has 0 spiro atoms. The summed E-state index contributed by atoms with van der Waals surface area (Å²) in [6.07, 6.45) is 0. The molecule has 1 aliphatic heterocycles. The van der Waals surface area contributed by atoms with E-state index in [9.17, 15) is 4.79 Å². The van der Waals surface area contributed by atoms with Crippen molar-refractivity contribution >= 4 is 34.2 Å². The molecule has 4 nitrogen and oxygen atoms in total. The molecule has 2 rings (SSSR count). The average Bonchev–Trinajstić information content (AvgIpc) is 2.33. The lowest BCUT2D eigenvalue weighted by Gasteiger charge is -2.25. The quantitative estimate of drug-likeness (QED) is 0.845. The van der Waals surface area contributed by atoms with Gasteiger partial charge in [-0.2, -0.15) is 0 Å². The number of para-hydroxylation sites is 1. The van der Waals surface area contributed by atoms with Crippen LogP contribution in [-0.2, 0) is 9.53 Å². The molecule has 0 bridgehead atoms. The van der Waals surface area contributed by atoms with Gasteiger partial charge in [0.25, 0.3) is 0 Å². The van der Waals surface area contributed by atoms with Gasteiger partial charge >= 0.3 is 0 Å². The Morgan fingerprint density at radius 3 is 2.76 bits per heavy atom. The van der Waals surface area contributed by atoms with Crippen LogP contribution in [0.3, 0.4) is 0 Å². The van der Waals surface area contributed by atoms with E-state index < -0.39 is 0 Å². The number of anilines is 1. The molecular formula is C12H15IN2O2. The Labute approximate surface area is 114 Å². The van der Waals surface area contributed by atoms with Crippen LogP contribution in [-0.4, -0.2) is 43.7 Å². The van der Waals surface area contributed by atoms with Gasteiger partial charge in [0.2, 0.25) is 5.91 Å². The maximum atomic E-state index is 11.8. The molecule has 17 heavy (non-hydrogen) atoms. The number of morpholine rings is 1. The highest BCUT2D eigenvalue weighted by Gasteiger charge is 2.14. The van der Waals surface area contributed by atoms with Crippen molar-refractivity contribution in [3.05, 3.63) is 27.8 Å². The van der Waals surface area contributed by atoms with Crippen molar-refractivity contribution in [1.29, 1.82) is 0 Å². The summed E-state index contributed by atoms with van der Waals surface area (Å²) < 4.78 is 6.30. The van der Waals surface area contributed by atoms with Crippen LogP contribution in [0.4, 0.5) is 5.69 Å². The molecule has 1 aromatic rings. The Balaban J connectivity index is 1.86. The van der Waals surface area contributed by atoms with E-state index in [1.54, 1.807) is 0 Å². The van der Waals surface area contributed by atoms with Gasteiger partial charge in [-0.1, -0.05) is 12.1 Å². The third-order valence-electron chi connectivity index (χ3n) is 2.62. The molecule has 0 saturated carbocycles. The summed E-state index contributed by atoms with van der Waals surface area (Å²) in [5, 5.41) is 2.93. The average molecular weight is 346 g/mol. The van der Waals surface area contributed by atoms with Crippen LogP contribution in [0.1, 0.15) is 0 Å². The van der Waals surface area contributed by atoms with Crippen LogP contribution in [0.5, 0.6) is 0 Å². The van der Waals surface area contributed by atoms with Crippen LogP contribution in [0, 0.1) is 3.57 Å². The van der Waals surface area contributed by atoms with Crippen molar-refractivity contribution in [2.45, 2.75) is 0 Å².